The third kappa shape index (κ3) is 4.00. The Kier molecular flexibility index (Phi) is 4.95. The van der Waals surface area contributed by atoms with Gasteiger partial charge in [0.05, 0.1) is 12.6 Å². The van der Waals surface area contributed by atoms with Crippen molar-refractivity contribution in [3.05, 3.63) is 29.8 Å². The summed E-state index contributed by atoms with van der Waals surface area (Å²) in [5.41, 5.74) is 1.94. The number of aryl methyl sites for hydroxylation is 1. The summed E-state index contributed by atoms with van der Waals surface area (Å²) < 4.78 is 0. The lowest BCUT2D eigenvalue weighted by Gasteiger charge is -2.13. The number of aliphatic hydroxyl groups excluding tert-OH is 1. The number of hydrogen-bond acceptors (Lipinski definition) is 3. The maximum absolute atomic E-state index is 11.6. The molecule has 88 valence electrons. The number of rotatable bonds is 5. The SMILES string of the molecule is Cc1ccc(NC(=O)[C@@H](C)NCCO)cc1. The van der Waals surface area contributed by atoms with Gasteiger partial charge in [0.2, 0.25) is 5.91 Å². The van der Waals surface area contributed by atoms with Crippen molar-refractivity contribution in [2.24, 2.45) is 0 Å². The highest BCUT2D eigenvalue weighted by atomic mass is 16.3. The first-order chi connectivity index (χ1) is 7.63. The average molecular weight is 222 g/mol. The van der Waals surface area contributed by atoms with Crippen LogP contribution in [0, 0.1) is 6.92 Å². The Labute approximate surface area is 95.7 Å². The summed E-state index contributed by atoms with van der Waals surface area (Å²) in [6, 6.07) is 7.31. The zero-order valence-electron chi connectivity index (χ0n) is 9.66. The minimum Gasteiger partial charge on any atom is -0.395 e. The fourth-order valence-electron chi connectivity index (χ4n) is 1.26. The van der Waals surface area contributed by atoms with Crippen LogP contribution < -0.4 is 10.6 Å². The molecule has 0 saturated carbocycles. The summed E-state index contributed by atoms with van der Waals surface area (Å²) in [7, 11) is 0. The molecule has 0 aliphatic heterocycles. The molecule has 0 spiro atoms. The Balaban J connectivity index is 2.47. The molecule has 1 rings (SSSR count). The second-order valence-electron chi connectivity index (χ2n) is 3.75. The van der Waals surface area contributed by atoms with Gasteiger partial charge in [-0.2, -0.15) is 0 Å². The highest BCUT2D eigenvalue weighted by Crippen LogP contribution is 2.08. The summed E-state index contributed by atoms with van der Waals surface area (Å²) >= 11 is 0. The van der Waals surface area contributed by atoms with Crippen LogP contribution in [0.5, 0.6) is 0 Å². The first kappa shape index (κ1) is 12.7. The van der Waals surface area contributed by atoms with Crippen LogP contribution in [-0.2, 0) is 4.79 Å². The molecule has 0 aliphatic rings. The van der Waals surface area contributed by atoms with Crippen molar-refractivity contribution in [3.8, 4) is 0 Å². The maximum Gasteiger partial charge on any atom is 0.241 e. The molecule has 1 atom stereocenters. The van der Waals surface area contributed by atoms with Gasteiger partial charge in [-0.3, -0.25) is 4.79 Å². The van der Waals surface area contributed by atoms with E-state index in [0.29, 0.717) is 6.54 Å². The fraction of sp³-hybridized carbons (Fsp3) is 0.417. The van der Waals surface area contributed by atoms with Gasteiger partial charge < -0.3 is 15.7 Å². The Morgan fingerprint density at radius 2 is 2.00 bits per heavy atom. The standard InChI is InChI=1S/C12H18N2O2/c1-9-3-5-11(6-4-9)14-12(16)10(2)13-7-8-15/h3-6,10,13,15H,7-8H2,1-2H3,(H,14,16)/t10-/m1/s1. The van der Waals surface area contributed by atoms with Crippen LogP contribution in [-0.4, -0.2) is 30.2 Å². The lowest BCUT2D eigenvalue weighted by atomic mass is 10.2. The van der Waals surface area contributed by atoms with Gasteiger partial charge in [-0.15, -0.1) is 0 Å². The molecule has 0 unspecified atom stereocenters. The third-order valence-electron chi connectivity index (χ3n) is 2.27. The van der Waals surface area contributed by atoms with E-state index in [4.69, 9.17) is 5.11 Å². The molecule has 0 bridgehead atoms. The highest BCUT2D eigenvalue weighted by Gasteiger charge is 2.11. The van der Waals surface area contributed by atoms with E-state index >= 15 is 0 Å². The molecule has 4 nitrogen and oxygen atoms in total. The van der Waals surface area contributed by atoms with Crippen LogP contribution in [0.2, 0.25) is 0 Å². The predicted octanol–water partition coefficient (Wildman–Crippen LogP) is 0.904. The van der Waals surface area contributed by atoms with Crippen LogP contribution in [0.15, 0.2) is 24.3 Å². The van der Waals surface area contributed by atoms with Crippen LogP contribution in [0.1, 0.15) is 12.5 Å². The normalized spacial score (nSPS) is 12.2. The molecule has 1 aromatic carbocycles. The molecule has 4 heteroatoms. The van der Waals surface area contributed by atoms with E-state index in [9.17, 15) is 4.79 Å². The van der Waals surface area contributed by atoms with Crippen molar-refractivity contribution in [1.82, 2.24) is 5.32 Å². The molecular formula is C12H18N2O2. The van der Waals surface area contributed by atoms with E-state index in [1.807, 2.05) is 31.2 Å². The summed E-state index contributed by atoms with van der Waals surface area (Å²) in [4.78, 5) is 11.6. The maximum atomic E-state index is 11.6. The first-order valence-electron chi connectivity index (χ1n) is 5.35. The highest BCUT2D eigenvalue weighted by molar-refractivity contribution is 5.94. The van der Waals surface area contributed by atoms with Crippen molar-refractivity contribution in [2.75, 3.05) is 18.5 Å². The topological polar surface area (TPSA) is 61.4 Å². The van der Waals surface area contributed by atoms with Crippen LogP contribution >= 0.6 is 0 Å². The molecule has 0 radical (unpaired) electrons. The van der Waals surface area contributed by atoms with Crippen molar-refractivity contribution >= 4 is 11.6 Å². The Hall–Kier alpha value is -1.39. The number of carbonyl (C=O) groups is 1. The average Bonchev–Trinajstić information content (AvgIpc) is 2.29. The lowest BCUT2D eigenvalue weighted by Crippen LogP contribution is -2.39. The Morgan fingerprint density at radius 3 is 2.56 bits per heavy atom. The molecular weight excluding hydrogens is 204 g/mol. The molecule has 1 aromatic rings. The first-order valence-corrected chi connectivity index (χ1v) is 5.35. The summed E-state index contributed by atoms with van der Waals surface area (Å²) in [5.74, 6) is -0.0997. The minimum atomic E-state index is -0.312. The lowest BCUT2D eigenvalue weighted by molar-refractivity contribution is -0.117. The van der Waals surface area contributed by atoms with Gasteiger partial charge in [0.25, 0.3) is 0 Å². The number of benzene rings is 1. The van der Waals surface area contributed by atoms with E-state index in [0.717, 1.165) is 11.3 Å². The smallest absolute Gasteiger partial charge is 0.241 e. The van der Waals surface area contributed by atoms with E-state index < -0.39 is 0 Å². The van der Waals surface area contributed by atoms with Crippen molar-refractivity contribution in [1.29, 1.82) is 0 Å². The predicted molar refractivity (Wildman–Crippen MR) is 64.4 cm³/mol. The van der Waals surface area contributed by atoms with E-state index in [1.165, 1.54) is 0 Å². The second-order valence-corrected chi connectivity index (χ2v) is 3.75. The van der Waals surface area contributed by atoms with Gasteiger partial charge in [0.1, 0.15) is 0 Å². The molecule has 0 fully saturated rings. The van der Waals surface area contributed by atoms with Crippen LogP contribution in [0.3, 0.4) is 0 Å². The Bertz CT molecular complexity index is 335. The Morgan fingerprint density at radius 1 is 1.38 bits per heavy atom. The van der Waals surface area contributed by atoms with E-state index in [1.54, 1.807) is 6.92 Å². The number of amides is 1. The molecule has 0 saturated heterocycles. The quantitative estimate of drug-likeness (QED) is 0.693. The molecule has 0 aliphatic carbocycles. The summed E-state index contributed by atoms with van der Waals surface area (Å²) in [5, 5.41) is 14.3. The van der Waals surface area contributed by atoms with E-state index in [-0.39, 0.29) is 18.6 Å². The zero-order chi connectivity index (χ0) is 12.0. The van der Waals surface area contributed by atoms with Crippen molar-refractivity contribution in [3.63, 3.8) is 0 Å². The number of hydrogen-bond donors (Lipinski definition) is 3. The third-order valence-corrected chi connectivity index (χ3v) is 2.27. The molecule has 1 amide bonds. The van der Waals surface area contributed by atoms with Gasteiger partial charge in [-0.1, -0.05) is 17.7 Å². The monoisotopic (exact) mass is 222 g/mol. The van der Waals surface area contributed by atoms with Gasteiger partial charge >= 0.3 is 0 Å². The summed E-state index contributed by atoms with van der Waals surface area (Å²) in [6.45, 7) is 4.21. The van der Waals surface area contributed by atoms with Crippen molar-refractivity contribution < 1.29 is 9.90 Å². The van der Waals surface area contributed by atoms with Gasteiger partial charge in [0, 0.05) is 12.2 Å². The largest absolute Gasteiger partial charge is 0.395 e. The molecule has 16 heavy (non-hydrogen) atoms. The van der Waals surface area contributed by atoms with Crippen molar-refractivity contribution in [2.45, 2.75) is 19.9 Å². The van der Waals surface area contributed by atoms with Gasteiger partial charge in [0.15, 0.2) is 0 Å². The zero-order valence-corrected chi connectivity index (χ0v) is 9.66. The second kappa shape index (κ2) is 6.25. The molecule has 0 aromatic heterocycles. The fourth-order valence-corrected chi connectivity index (χ4v) is 1.26. The number of aliphatic hydroxyl groups is 1. The van der Waals surface area contributed by atoms with Gasteiger partial charge in [-0.25, -0.2) is 0 Å². The number of anilines is 1. The van der Waals surface area contributed by atoms with Crippen LogP contribution in [0.4, 0.5) is 5.69 Å². The van der Waals surface area contributed by atoms with Crippen LogP contribution in [0.25, 0.3) is 0 Å². The van der Waals surface area contributed by atoms with E-state index in [2.05, 4.69) is 10.6 Å². The number of nitrogens with one attached hydrogen (secondary N) is 2. The summed E-state index contributed by atoms with van der Waals surface area (Å²) in [6.07, 6.45) is 0. The minimum absolute atomic E-state index is 0.0299. The number of carbonyl (C=O) groups excluding carboxylic acids is 1. The van der Waals surface area contributed by atoms with Gasteiger partial charge in [-0.05, 0) is 26.0 Å². The molecule has 0 heterocycles. The molecule has 3 N–H and O–H groups in total.